The highest BCUT2D eigenvalue weighted by molar-refractivity contribution is 5.53. The van der Waals surface area contributed by atoms with Crippen LogP contribution in [0.3, 0.4) is 0 Å². The van der Waals surface area contributed by atoms with E-state index in [1.807, 2.05) is 16.8 Å². The van der Waals surface area contributed by atoms with E-state index in [4.69, 9.17) is 14.7 Å². The molecule has 1 aromatic carbocycles. The molecule has 0 radical (unpaired) electrons. The molecule has 2 aromatic heterocycles. The fourth-order valence-electron chi connectivity index (χ4n) is 4.09. The molecule has 2 atom stereocenters. The summed E-state index contributed by atoms with van der Waals surface area (Å²) in [5.41, 5.74) is 3.14. The molecule has 1 fully saturated rings. The fourth-order valence-corrected chi connectivity index (χ4v) is 4.09. The number of ether oxygens (including phenoxy) is 1. The quantitative estimate of drug-likeness (QED) is 0.553. The van der Waals surface area contributed by atoms with Crippen LogP contribution in [-0.4, -0.2) is 38.8 Å². The van der Waals surface area contributed by atoms with Crippen LogP contribution in [0.5, 0.6) is 6.01 Å². The lowest BCUT2D eigenvalue weighted by Gasteiger charge is -2.24. The number of piperidine rings is 1. The number of rotatable bonds is 8. The third-order valence-electron chi connectivity index (χ3n) is 5.73. The van der Waals surface area contributed by atoms with Gasteiger partial charge in [0.15, 0.2) is 5.65 Å². The van der Waals surface area contributed by atoms with Gasteiger partial charge in [-0.1, -0.05) is 58.0 Å². The normalized spacial score (nSPS) is 17.9. The predicted molar refractivity (Wildman–Crippen MR) is 124 cm³/mol. The van der Waals surface area contributed by atoms with Gasteiger partial charge in [-0.05, 0) is 43.2 Å². The molecule has 3 aromatic rings. The molecule has 7 heteroatoms. The fraction of sp³-hybridized carbons (Fsp3) is 0.542. The molecular weight excluding hydrogens is 388 g/mol. The number of fused-ring (bicyclic) bond motifs is 1. The minimum Gasteiger partial charge on any atom is -0.459 e. The standard InChI is InChI=1S/C24H34N6O/c1-16(2)13-21(18-9-6-5-7-10-18)27-23-29-24(31-19-11-8-12-25-14-19)28-22-20(17(3)4)15-26-30(22)23/h5-7,9-10,15-17,19,21,25H,8,11-14H2,1-4H3,(H,27,28,29)/t19?,21-/m0/s1. The second-order valence-corrected chi connectivity index (χ2v) is 9.14. The second-order valence-electron chi connectivity index (χ2n) is 9.14. The Bertz CT molecular complexity index is 978. The van der Waals surface area contributed by atoms with Gasteiger partial charge >= 0.3 is 6.01 Å². The summed E-state index contributed by atoms with van der Waals surface area (Å²) in [6.07, 6.45) is 5.09. The van der Waals surface area contributed by atoms with Crippen molar-refractivity contribution in [2.45, 2.75) is 65.0 Å². The Hall–Kier alpha value is -2.67. The van der Waals surface area contributed by atoms with E-state index in [2.05, 4.69) is 67.7 Å². The van der Waals surface area contributed by atoms with Crippen molar-refractivity contribution >= 4 is 11.6 Å². The Labute approximate surface area is 184 Å². The zero-order chi connectivity index (χ0) is 21.8. The Morgan fingerprint density at radius 1 is 1.16 bits per heavy atom. The number of hydrogen-bond acceptors (Lipinski definition) is 6. The Balaban J connectivity index is 1.71. The van der Waals surface area contributed by atoms with Crippen molar-refractivity contribution in [1.82, 2.24) is 24.9 Å². The van der Waals surface area contributed by atoms with Crippen LogP contribution < -0.4 is 15.4 Å². The van der Waals surface area contributed by atoms with Gasteiger partial charge in [-0.3, -0.25) is 0 Å². The van der Waals surface area contributed by atoms with Gasteiger partial charge in [0.1, 0.15) is 6.10 Å². The first-order valence-corrected chi connectivity index (χ1v) is 11.5. The van der Waals surface area contributed by atoms with Gasteiger partial charge in [0.2, 0.25) is 5.95 Å². The molecule has 0 spiro atoms. The van der Waals surface area contributed by atoms with E-state index in [9.17, 15) is 0 Å². The summed E-state index contributed by atoms with van der Waals surface area (Å²) in [5.74, 6) is 1.51. The SMILES string of the molecule is CC(C)C[C@H](Nc1nc(OC2CCCNC2)nc2c(C(C)C)cnn12)c1ccccc1. The maximum Gasteiger partial charge on any atom is 0.322 e. The summed E-state index contributed by atoms with van der Waals surface area (Å²) >= 11 is 0. The highest BCUT2D eigenvalue weighted by Crippen LogP contribution is 2.28. The van der Waals surface area contributed by atoms with E-state index in [0.29, 0.717) is 23.8 Å². The maximum atomic E-state index is 6.21. The molecule has 7 nitrogen and oxygen atoms in total. The van der Waals surface area contributed by atoms with E-state index in [0.717, 1.165) is 43.6 Å². The van der Waals surface area contributed by atoms with Gasteiger partial charge in [0.25, 0.3) is 0 Å². The van der Waals surface area contributed by atoms with Crippen molar-refractivity contribution in [1.29, 1.82) is 0 Å². The van der Waals surface area contributed by atoms with Gasteiger partial charge in [-0.25, -0.2) is 0 Å². The molecule has 1 saturated heterocycles. The van der Waals surface area contributed by atoms with Crippen LogP contribution in [0.1, 0.15) is 70.0 Å². The lowest BCUT2D eigenvalue weighted by Crippen LogP contribution is -2.37. The van der Waals surface area contributed by atoms with E-state index in [1.54, 1.807) is 0 Å². The molecule has 0 saturated carbocycles. The number of benzene rings is 1. The van der Waals surface area contributed by atoms with E-state index < -0.39 is 0 Å². The van der Waals surface area contributed by atoms with Gasteiger partial charge in [-0.15, -0.1) is 0 Å². The minimum absolute atomic E-state index is 0.0926. The van der Waals surface area contributed by atoms with Gasteiger partial charge in [0.05, 0.1) is 12.2 Å². The third-order valence-corrected chi connectivity index (χ3v) is 5.73. The molecule has 3 heterocycles. The zero-order valence-corrected chi connectivity index (χ0v) is 19.0. The van der Waals surface area contributed by atoms with Gasteiger partial charge < -0.3 is 15.4 Å². The Kier molecular flexibility index (Phi) is 6.70. The van der Waals surface area contributed by atoms with Crippen LogP contribution in [0.2, 0.25) is 0 Å². The molecule has 1 unspecified atom stereocenters. The van der Waals surface area contributed by atoms with E-state index in [1.165, 1.54) is 5.56 Å². The first-order chi connectivity index (χ1) is 15.0. The van der Waals surface area contributed by atoms with Crippen molar-refractivity contribution in [3.63, 3.8) is 0 Å². The zero-order valence-electron chi connectivity index (χ0n) is 19.0. The summed E-state index contributed by atoms with van der Waals surface area (Å²) in [6.45, 7) is 10.7. The maximum absolute atomic E-state index is 6.21. The highest BCUT2D eigenvalue weighted by atomic mass is 16.5. The van der Waals surface area contributed by atoms with Gasteiger partial charge in [-0.2, -0.15) is 19.6 Å². The van der Waals surface area contributed by atoms with Crippen LogP contribution in [0, 0.1) is 5.92 Å². The second kappa shape index (κ2) is 9.64. The first-order valence-electron chi connectivity index (χ1n) is 11.5. The summed E-state index contributed by atoms with van der Waals surface area (Å²) in [4.78, 5) is 9.52. The Morgan fingerprint density at radius 2 is 1.97 bits per heavy atom. The lowest BCUT2D eigenvalue weighted by atomic mass is 9.97. The van der Waals surface area contributed by atoms with Crippen molar-refractivity contribution in [3.05, 3.63) is 47.7 Å². The van der Waals surface area contributed by atoms with E-state index in [-0.39, 0.29) is 12.1 Å². The minimum atomic E-state index is 0.0926. The number of hydrogen-bond donors (Lipinski definition) is 2. The summed E-state index contributed by atoms with van der Waals surface area (Å²) < 4.78 is 8.03. The summed E-state index contributed by atoms with van der Waals surface area (Å²) in [6, 6.07) is 11.1. The average Bonchev–Trinajstić information content (AvgIpc) is 3.19. The van der Waals surface area contributed by atoms with E-state index >= 15 is 0 Å². The molecule has 1 aliphatic heterocycles. The first kappa shape index (κ1) is 21.6. The summed E-state index contributed by atoms with van der Waals surface area (Å²) in [5, 5.41) is 11.7. The van der Waals surface area contributed by atoms with Crippen molar-refractivity contribution in [2.75, 3.05) is 18.4 Å². The number of nitrogens with one attached hydrogen (secondary N) is 2. The van der Waals surface area contributed by atoms with Crippen LogP contribution in [0.4, 0.5) is 5.95 Å². The molecule has 4 rings (SSSR count). The topological polar surface area (TPSA) is 76.4 Å². The summed E-state index contributed by atoms with van der Waals surface area (Å²) in [7, 11) is 0. The molecule has 1 aliphatic rings. The number of aromatic nitrogens is 4. The molecule has 2 N–H and O–H groups in total. The van der Waals surface area contributed by atoms with Crippen molar-refractivity contribution < 1.29 is 4.74 Å². The molecule has 0 amide bonds. The van der Waals surface area contributed by atoms with Crippen LogP contribution in [-0.2, 0) is 0 Å². The third kappa shape index (κ3) is 5.15. The van der Waals surface area contributed by atoms with Crippen molar-refractivity contribution in [2.24, 2.45) is 5.92 Å². The predicted octanol–water partition coefficient (Wildman–Crippen LogP) is 4.58. The average molecular weight is 423 g/mol. The molecule has 166 valence electrons. The smallest absolute Gasteiger partial charge is 0.322 e. The van der Waals surface area contributed by atoms with Crippen molar-refractivity contribution in [3.8, 4) is 6.01 Å². The molecule has 0 aliphatic carbocycles. The largest absolute Gasteiger partial charge is 0.459 e. The Morgan fingerprint density at radius 3 is 2.65 bits per heavy atom. The lowest BCUT2D eigenvalue weighted by molar-refractivity contribution is 0.153. The number of anilines is 1. The van der Waals surface area contributed by atoms with Crippen LogP contribution >= 0.6 is 0 Å². The molecular formula is C24H34N6O. The highest BCUT2D eigenvalue weighted by Gasteiger charge is 2.22. The van der Waals surface area contributed by atoms with Crippen LogP contribution in [0.15, 0.2) is 36.5 Å². The molecule has 0 bridgehead atoms. The monoisotopic (exact) mass is 422 g/mol. The van der Waals surface area contributed by atoms with Gasteiger partial charge in [0, 0.05) is 12.1 Å². The molecule has 31 heavy (non-hydrogen) atoms. The van der Waals surface area contributed by atoms with Crippen LogP contribution in [0.25, 0.3) is 5.65 Å². The number of nitrogens with zero attached hydrogens (tertiary/aromatic N) is 4.